The van der Waals surface area contributed by atoms with Crippen molar-refractivity contribution in [1.82, 2.24) is 15.5 Å². The van der Waals surface area contributed by atoms with Crippen molar-refractivity contribution in [2.45, 2.75) is 75.8 Å². The van der Waals surface area contributed by atoms with Crippen molar-refractivity contribution >= 4 is 23.9 Å². The lowest BCUT2D eigenvalue weighted by Crippen LogP contribution is -2.53. The number of nitrogens with one attached hydrogen (secondary N) is 2. The van der Waals surface area contributed by atoms with Crippen LogP contribution in [-0.4, -0.2) is 77.4 Å². The molecule has 0 spiro atoms. The van der Waals surface area contributed by atoms with Gasteiger partial charge in [0, 0.05) is 25.3 Å². The molecule has 3 aliphatic rings. The van der Waals surface area contributed by atoms with Crippen molar-refractivity contribution in [2.24, 2.45) is 5.92 Å². The average molecular weight is 437 g/mol. The molecule has 0 aliphatic carbocycles. The number of likely N-dealkylation sites (tertiary alicyclic amines) is 1. The lowest BCUT2D eigenvalue weighted by molar-refractivity contribution is -0.144. The Balaban J connectivity index is 1.47. The SMILES string of the molecule is C=CC(C)C(NC(=O)C1CCCN1C(=O)CNC(=O)OC1CC2CCC(C1)O2)C(=O)O. The zero-order valence-corrected chi connectivity index (χ0v) is 17.7. The smallest absolute Gasteiger partial charge is 0.407 e. The van der Waals surface area contributed by atoms with E-state index >= 15 is 0 Å². The summed E-state index contributed by atoms with van der Waals surface area (Å²) < 4.78 is 11.1. The number of hydrogen-bond donors (Lipinski definition) is 3. The number of carboxylic acid groups (broad SMARTS) is 1. The highest BCUT2D eigenvalue weighted by Crippen LogP contribution is 2.33. The average Bonchev–Trinajstić information content (AvgIpc) is 3.35. The molecule has 31 heavy (non-hydrogen) atoms. The van der Waals surface area contributed by atoms with Gasteiger partial charge in [-0.1, -0.05) is 13.0 Å². The van der Waals surface area contributed by atoms with Crippen molar-refractivity contribution in [3.05, 3.63) is 12.7 Å². The van der Waals surface area contributed by atoms with Gasteiger partial charge in [0.2, 0.25) is 11.8 Å². The van der Waals surface area contributed by atoms with E-state index in [1.807, 2.05) is 0 Å². The van der Waals surface area contributed by atoms with Crippen LogP contribution in [0.4, 0.5) is 4.79 Å². The molecule has 10 nitrogen and oxygen atoms in total. The number of rotatable bonds is 8. The van der Waals surface area contributed by atoms with Gasteiger partial charge in [-0.25, -0.2) is 9.59 Å². The summed E-state index contributed by atoms with van der Waals surface area (Å²) in [6, 6.07) is -1.89. The molecule has 0 radical (unpaired) electrons. The number of ether oxygens (including phenoxy) is 2. The topological polar surface area (TPSA) is 134 Å². The maximum atomic E-state index is 12.6. The molecule has 2 bridgehead atoms. The van der Waals surface area contributed by atoms with E-state index in [1.54, 1.807) is 6.92 Å². The molecule has 3 saturated heterocycles. The molecule has 3 fully saturated rings. The fraction of sp³-hybridized carbons (Fsp3) is 0.714. The Hall–Kier alpha value is -2.62. The summed E-state index contributed by atoms with van der Waals surface area (Å²) in [5.74, 6) is -2.57. The molecule has 3 aliphatic heterocycles. The second kappa shape index (κ2) is 10.1. The van der Waals surface area contributed by atoms with Crippen LogP contribution >= 0.6 is 0 Å². The lowest BCUT2D eigenvalue weighted by atomic mass is 10.0. The molecule has 3 heterocycles. The van der Waals surface area contributed by atoms with E-state index in [0.717, 1.165) is 12.8 Å². The number of carbonyl (C=O) groups is 4. The largest absolute Gasteiger partial charge is 0.480 e. The van der Waals surface area contributed by atoms with Gasteiger partial charge in [0.1, 0.15) is 24.7 Å². The molecule has 172 valence electrons. The number of hydrogen-bond acceptors (Lipinski definition) is 6. The molecule has 5 unspecified atom stereocenters. The highest BCUT2D eigenvalue weighted by Gasteiger charge is 2.38. The van der Waals surface area contributed by atoms with E-state index in [9.17, 15) is 24.3 Å². The van der Waals surface area contributed by atoms with E-state index in [2.05, 4.69) is 17.2 Å². The molecule has 3 rings (SSSR count). The first-order valence-corrected chi connectivity index (χ1v) is 10.8. The van der Waals surface area contributed by atoms with Crippen molar-refractivity contribution in [1.29, 1.82) is 0 Å². The minimum Gasteiger partial charge on any atom is -0.480 e. The molecule has 10 heteroatoms. The van der Waals surface area contributed by atoms with E-state index in [1.165, 1.54) is 11.0 Å². The van der Waals surface area contributed by atoms with E-state index in [-0.39, 0.29) is 24.9 Å². The van der Waals surface area contributed by atoms with Gasteiger partial charge in [0.05, 0.1) is 12.2 Å². The third-order valence-electron chi connectivity index (χ3n) is 6.24. The Bertz CT molecular complexity index is 716. The highest BCUT2D eigenvalue weighted by molar-refractivity contribution is 5.92. The molecule has 0 saturated carbocycles. The summed E-state index contributed by atoms with van der Waals surface area (Å²) in [6.45, 7) is 5.29. The first-order valence-electron chi connectivity index (χ1n) is 10.8. The highest BCUT2D eigenvalue weighted by atomic mass is 16.6. The normalized spacial score (nSPS) is 29.0. The number of fused-ring (bicyclic) bond motifs is 2. The van der Waals surface area contributed by atoms with Gasteiger partial charge >= 0.3 is 12.1 Å². The molecule has 0 aromatic carbocycles. The standard InChI is InChI=1S/C21H31N3O7/c1-3-12(2)18(20(27)28)23-19(26)16-5-4-8-24(16)17(25)11-22-21(29)31-15-9-13-6-7-14(10-15)30-13/h3,12-16,18H,1,4-11H2,2H3,(H,22,29)(H,23,26)(H,27,28). The zero-order valence-electron chi connectivity index (χ0n) is 17.7. The molecule has 0 aromatic rings. The van der Waals surface area contributed by atoms with Crippen LogP contribution < -0.4 is 10.6 Å². The predicted molar refractivity (Wildman–Crippen MR) is 109 cm³/mol. The lowest BCUT2D eigenvalue weighted by Gasteiger charge is -2.28. The van der Waals surface area contributed by atoms with Crippen molar-refractivity contribution in [3.63, 3.8) is 0 Å². The number of amides is 3. The molecular weight excluding hydrogens is 406 g/mol. The van der Waals surface area contributed by atoms with Crippen LogP contribution in [0.1, 0.15) is 45.4 Å². The van der Waals surface area contributed by atoms with Crippen molar-refractivity contribution in [2.75, 3.05) is 13.1 Å². The van der Waals surface area contributed by atoms with Crippen LogP contribution in [0, 0.1) is 5.92 Å². The van der Waals surface area contributed by atoms with Crippen LogP contribution in [0.25, 0.3) is 0 Å². The summed E-state index contributed by atoms with van der Waals surface area (Å²) in [7, 11) is 0. The molecule has 3 amide bonds. The second-order valence-electron chi connectivity index (χ2n) is 8.47. The Labute approximate surface area is 181 Å². The Morgan fingerprint density at radius 1 is 1.23 bits per heavy atom. The third kappa shape index (κ3) is 5.75. The number of nitrogens with zero attached hydrogens (tertiary/aromatic N) is 1. The maximum Gasteiger partial charge on any atom is 0.407 e. The van der Waals surface area contributed by atoms with E-state index < -0.39 is 41.9 Å². The van der Waals surface area contributed by atoms with Gasteiger partial charge in [-0.15, -0.1) is 6.58 Å². The Morgan fingerprint density at radius 3 is 2.52 bits per heavy atom. The number of alkyl carbamates (subject to hydrolysis) is 1. The summed E-state index contributed by atoms with van der Waals surface area (Å²) in [5.41, 5.74) is 0. The molecule has 3 N–H and O–H groups in total. The van der Waals surface area contributed by atoms with Crippen LogP contribution in [0.2, 0.25) is 0 Å². The van der Waals surface area contributed by atoms with Gasteiger partial charge in [0.25, 0.3) is 0 Å². The van der Waals surface area contributed by atoms with Gasteiger partial charge < -0.3 is 30.1 Å². The minimum atomic E-state index is -1.16. The summed E-state index contributed by atoms with van der Waals surface area (Å²) in [4.78, 5) is 50.2. The predicted octanol–water partition coefficient (Wildman–Crippen LogP) is 0.805. The molecular formula is C21H31N3O7. The van der Waals surface area contributed by atoms with Crippen molar-refractivity contribution in [3.8, 4) is 0 Å². The van der Waals surface area contributed by atoms with Crippen LogP contribution in [0.3, 0.4) is 0 Å². The Kier molecular flexibility index (Phi) is 7.53. The van der Waals surface area contributed by atoms with Crippen LogP contribution in [-0.2, 0) is 23.9 Å². The fourth-order valence-corrected chi connectivity index (χ4v) is 4.49. The quantitative estimate of drug-likeness (QED) is 0.478. The number of carbonyl (C=O) groups excluding carboxylic acids is 3. The third-order valence-corrected chi connectivity index (χ3v) is 6.24. The molecule has 5 atom stereocenters. The fourth-order valence-electron chi connectivity index (χ4n) is 4.49. The second-order valence-corrected chi connectivity index (χ2v) is 8.47. The van der Waals surface area contributed by atoms with Crippen molar-refractivity contribution < 1.29 is 33.8 Å². The van der Waals surface area contributed by atoms with Gasteiger partial charge in [-0.05, 0) is 25.7 Å². The number of carboxylic acids is 1. The van der Waals surface area contributed by atoms with E-state index in [4.69, 9.17) is 9.47 Å². The minimum absolute atomic E-state index is 0.139. The van der Waals surface area contributed by atoms with Gasteiger partial charge in [-0.3, -0.25) is 9.59 Å². The Morgan fingerprint density at radius 2 is 1.90 bits per heavy atom. The molecule has 0 aromatic heterocycles. The first-order chi connectivity index (χ1) is 14.8. The maximum absolute atomic E-state index is 12.6. The number of aliphatic carboxylic acids is 1. The van der Waals surface area contributed by atoms with E-state index in [0.29, 0.717) is 32.2 Å². The monoisotopic (exact) mass is 437 g/mol. The zero-order chi connectivity index (χ0) is 22.5. The first kappa shape index (κ1) is 23.1. The summed E-state index contributed by atoms with van der Waals surface area (Å²) >= 11 is 0. The summed E-state index contributed by atoms with van der Waals surface area (Å²) in [5, 5.41) is 14.3. The summed E-state index contributed by atoms with van der Waals surface area (Å²) in [6.07, 6.45) is 5.21. The van der Waals surface area contributed by atoms with Crippen LogP contribution in [0.5, 0.6) is 0 Å². The van der Waals surface area contributed by atoms with Gasteiger partial charge in [-0.2, -0.15) is 0 Å². The van der Waals surface area contributed by atoms with Gasteiger partial charge in [0.15, 0.2) is 0 Å². The van der Waals surface area contributed by atoms with Crippen LogP contribution in [0.15, 0.2) is 12.7 Å².